The Morgan fingerprint density at radius 2 is 1.90 bits per heavy atom. The van der Waals surface area contributed by atoms with E-state index in [1.54, 1.807) is 6.26 Å². The van der Waals surface area contributed by atoms with Crippen molar-refractivity contribution in [3.8, 4) is 0 Å². The van der Waals surface area contributed by atoms with E-state index < -0.39 is 0 Å². The molecule has 5 nitrogen and oxygen atoms in total. The number of nitrogens with one attached hydrogen (secondary N) is 1. The minimum absolute atomic E-state index is 0. The highest BCUT2D eigenvalue weighted by atomic mass is 35.5. The molecule has 0 aliphatic carbocycles. The Kier molecular flexibility index (Phi) is 9.08. The van der Waals surface area contributed by atoms with Gasteiger partial charge in [0.15, 0.2) is 0 Å². The molecular formula is C23H33Cl2N3O2. The van der Waals surface area contributed by atoms with Crippen LogP contribution in [0.25, 0.3) is 0 Å². The molecular weight excluding hydrogens is 421 g/mol. The number of para-hydroxylation sites is 1. The van der Waals surface area contributed by atoms with Gasteiger partial charge >= 0.3 is 0 Å². The van der Waals surface area contributed by atoms with Crippen LogP contribution in [0.15, 0.2) is 41.0 Å². The Morgan fingerprint density at radius 1 is 1.17 bits per heavy atom. The molecule has 3 heterocycles. The van der Waals surface area contributed by atoms with E-state index in [9.17, 15) is 4.79 Å². The number of rotatable bonds is 6. The van der Waals surface area contributed by atoms with Gasteiger partial charge in [0.2, 0.25) is 0 Å². The zero-order valence-electron chi connectivity index (χ0n) is 17.8. The summed E-state index contributed by atoms with van der Waals surface area (Å²) in [6.45, 7) is 8.75. The summed E-state index contributed by atoms with van der Waals surface area (Å²) in [7, 11) is 0. The first-order chi connectivity index (χ1) is 13.7. The molecule has 1 amide bonds. The topological polar surface area (TPSA) is 48.7 Å². The van der Waals surface area contributed by atoms with Gasteiger partial charge < -0.3 is 19.5 Å². The second-order valence-electron chi connectivity index (χ2n) is 8.11. The van der Waals surface area contributed by atoms with Crippen molar-refractivity contribution in [1.82, 2.24) is 10.2 Å². The van der Waals surface area contributed by atoms with E-state index in [-0.39, 0.29) is 30.7 Å². The van der Waals surface area contributed by atoms with E-state index in [2.05, 4.69) is 48.3 Å². The number of carbonyl (C=O) groups excluding carboxylic acids is 1. The van der Waals surface area contributed by atoms with Crippen molar-refractivity contribution in [3.63, 3.8) is 0 Å². The van der Waals surface area contributed by atoms with Crippen molar-refractivity contribution in [3.05, 3.63) is 53.5 Å². The molecule has 0 saturated carbocycles. The van der Waals surface area contributed by atoms with Gasteiger partial charge in [-0.15, -0.1) is 24.8 Å². The first-order valence-electron chi connectivity index (χ1n) is 10.6. The molecule has 1 aromatic heterocycles. The molecule has 7 heteroatoms. The van der Waals surface area contributed by atoms with Crippen LogP contribution in [0.3, 0.4) is 0 Å². The van der Waals surface area contributed by atoms with Crippen LogP contribution in [0.1, 0.15) is 48.4 Å². The normalized spacial score (nSPS) is 18.5. The second kappa shape index (κ2) is 11.1. The van der Waals surface area contributed by atoms with Crippen LogP contribution in [0, 0.1) is 5.92 Å². The maximum atomic E-state index is 13.1. The minimum Gasteiger partial charge on any atom is -0.467 e. The van der Waals surface area contributed by atoms with E-state index in [1.165, 1.54) is 11.3 Å². The van der Waals surface area contributed by atoms with E-state index in [0.717, 1.165) is 56.8 Å². The minimum atomic E-state index is 0. The molecule has 2 aliphatic rings. The summed E-state index contributed by atoms with van der Waals surface area (Å²) >= 11 is 0. The molecule has 0 bridgehead atoms. The standard InChI is InChI=1S/C23H31N3O2.2ClH/c1-3-24-15-18-8-11-25(12-9-18)23(27)20-10-13-28-22(20)16-26-17(2)14-19-6-4-5-7-21(19)26;;/h4-7,10,13,17-18,24H,3,8-9,11-12,14-16H2,1-2H3;2*1H. The molecule has 1 atom stereocenters. The molecule has 166 valence electrons. The van der Waals surface area contributed by atoms with Gasteiger partial charge in [-0.25, -0.2) is 0 Å². The SMILES string of the molecule is CCNCC1CCN(C(=O)c2ccoc2CN2c3ccccc3CC2C)CC1.Cl.Cl. The molecule has 30 heavy (non-hydrogen) atoms. The number of amides is 1. The highest BCUT2D eigenvalue weighted by Crippen LogP contribution is 2.34. The van der Waals surface area contributed by atoms with Gasteiger partial charge in [-0.3, -0.25) is 4.79 Å². The molecule has 1 N–H and O–H groups in total. The Labute approximate surface area is 192 Å². The predicted octanol–water partition coefficient (Wildman–Crippen LogP) is 4.54. The number of benzene rings is 1. The molecule has 0 spiro atoms. The van der Waals surface area contributed by atoms with E-state index in [1.807, 2.05) is 11.0 Å². The maximum absolute atomic E-state index is 13.1. The summed E-state index contributed by atoms with van der Waals surface area (Å²) in [6.07, 6.45) is 4.84. The number of hydrogen-bond acceptors (Lipinski definition) is 4. The second-order valence-corrected chi connectivity index (χ2v) is 8.11. The molecule has 1 unspecified atom stereocenters. The van der Waals surface area contributed by atoms with Crippen molar-refractivity contribution in [2.24, 2.45) is 5.92 Å². The van der Waals surface area contributed by atoms with E-state index in [4.69, 9.17) is 4.42 Å². The van der Waals surface area contributed by atoms with Crippen LogP contribution >= 0.6 is 24.8 Å². The molecule has 2 aliphatic heterocycles. The molecule has 1 aromatic carbocycles. The number of nitrogens with zero attached hydrogens (tertiary/aromatic N) is 2. The number of halogens is 2. The van der Waals surface area contributed by atoms with Gasteiger partial charge in [0.05, 0.1) is 18.4 Å². The smallest absolute Gasteiger partial charge is 0.257 e. The van der Waals surface area contributed by atoms with Crippen LogP contribution in [0.5, 0.6) is 0 Å². The molecule has 1 fully saturated rings. The van der Waals surface area contributed by atoms with Crippen LogP contribution in [0.2, 0.25) is 0 Å². The third-order valence-electron chi connectivity index (χ3n) is 6.22. The van der Waals surface area contributed by atoms with Gasteiger partial charge in [0, 0.05) is 24.8 Å². The summed E-state index contributed by atoms with van der Waals surface area (Å²) in [5.74, 6) is 1.57. The number of furan rings is 1. The fourth-order valence-electron chi connectivity index (χ4n) is 4.54. The van der Waals surface area contributed by atoms with Crippen LogP contribution in [-0.4, -0.2) is 43.0 Å². The van der Waals surface area contributed by atoms with Gasteiger partial charge in [-0.05, 0) is 62.9 Å². The summed E-state index contributed by atoms with van der Waals surface area (Å²) in [5, 5.41) is 3.43. The van der Waals surface area contributed by atoms with Crippen molar-refractivity contribution >= 4 is 36.4 Å². The van der Waals surface area contributed by atoms with Gasteiger partial charge in [0.25, 0.3) is 5.91 Å². The summed E-state index contributed by atoms with van der Waals surface area (Å²) in [6, 6.07) is 10.8. The van der Waals surface area contributed by atoms with Crippen molar-refractivity contribution in [1.29, 1.82) is 0 Å². The maximum Gasteiger partial charge on any atom is 0.257 e. The van der Waals surface area contributed by atoms with Gasteiger partial charge in [-0.1, -0.05) is 25.1 Å². The van der Waals surface area contributed by atoms with Crippen molar-refractivity contribution < 1.29 is 9.21 Å². The molecule has 1 saturated heterocycles. The zero-order chi connectivity index (χ0) is 19.5. The monoisotopic (exact) mass is 453 g/mol. The fourth-order valence-corrected chi connectivity index (χ4v) is 4.54. The van der Waals surface area contributed by atoms with Crippen LogP contribution in [-0.2, 0) is 13.0 Å². The summed E-state index contributed by atoms with van der Waals surface area (Å²) in [4.78, 5) is 17.5. The van der Waals surface area contributed by atoms with Gasteiger partial charge in [0.1, 0.15) is 5.76 Å². The summed E-state index contributed by atoms with van der Waals surface area (Å²) < 4.78 is 5.78. The summed E-state index contributed by atoms with van der Waals surface area (Å²) in [5.41, 5.74) is 3.35. The van der Waals surface area contributed by atoms with E-state index in [0.29, 0.717) is 18.5 Å². The first kappa shape index (κ1) is 24.6. The number of fused-ring (bicyclic) bond motifs is 1. The molecule has 4 rings (SSSR count). The molecule has 2 aromatic rings. The average Bonchev–Trinajstić information content (AvgIpc) is 3.31. The lowest BCUT2D eigenvalue weighted by Gasteiger charge is -2.32. The van der Waals surface area contributed by atoms with Gasteiger partial charge in [-0.2, -0.15) is 0 Å². The van der Waals surface area contributed by atoms with Crippen molar-refractivity contribution in [2.75, 3.05) is 31.1 Å². The number of anilines is 1. The number of hydrogen-bond donors (Lipinski definition) is 1. The average molecular weight is 454 g/mol. The Bertz CT molecular complexity index is 818. The Balaban J connectivity index is 0.00000160. The van der Waals surface area contributed by atoms with E-state index >= 15 is 0 Å². The first-order valence-corrected chi connectivity index (χ1v) is 10.6. The largest absolute Gasteiger partial charge is 0.467 e. The molecule has 0 radical (unpaired) electrons. The van der Waals surface area contributed by atoms with Crippen molar-refractivity contribution in [2.45, 2.75) is 45.7 Å². The van der Waals surface area contributed by atoms with Crippen LogP contribution < -0.4 is 10.2 Å². The number of carbonyl (C=O) groups is 1. The van der Waals surface area contributed by atoms with Crippen LogP contribution in [0.4, 0.5) is 5.69 Å². The third-order valence-corrected chi connectivity index (χ3v) is 6.22. The zero-order valence-corrected chi connectivity index (χ0v) is 19.4. The fraction of sp³-hybridized carbons (Fsp3) is 0.522. The lowest BCUT2D eigenvalue weighted by atomic mass is 9.96. The predicted molar refractivity (Wildman–Crippen MR) is 126 cm³/mol. The lowest BCUT2D eigenvalue weighted by Crippen LogP contribution is -2.41. The number of piperidine rings is 1. The third kappa shape index (κ3) is 5.13. The number of likely N-dealkylation sites (tertiary alicyclic amines) is 1. The lowest BCUT2D eigenvalue weighted by molar-refractivity contribution is 0.0688. The highest BCUT2D eigenvalue weighted by molar-refractivity contribution is 5.95. The quantitative estimate of drug-likeness (QED) is 0.697. The Morgan fingerprint density at radius 3 is 2.63 bits per heavy atom. The highest BCUT2D eigenvalue weighted by Gasteiger charge is 2.30. The Hall–Kier alpha value is -1.69.